The third-order valence-electron chi connectivity index (χ3n) is 2.44. The third-order valence-corrected chi connectivity index (χ3v) is 3.28. The highest BCUT2D eigenvalue weighted by molar-refractivity contribution is 7.10. The number of pyridine rings is 1. The average molecular weight is 302 g/mol. The Morgan fingerprint density at radius 1 is 1.52 bits per heavy atom. The monoisotopic (exact) mass is 302 g/mol. The van der Waals surface area contributed by atoms with Crippen molar-refractivity contribution in [2.45, 2.75) is 6.92 Å². The SMILES string of the molecule is CCOc1ccc(NC(=O)c2csc(C#CCO)c2)cn1. The standard InChI is InChI=1S/C15H14N2O3S/c1-2-20-14-6-5-12(9-16-14)17-15(19)11-8-13(21-10-11)4-3-7-18/h5-6,8-10,18H,2,7H2,1H3,(H,17,19). The number of thiophene rings is 1. The van der Waals surface area contributed by atoms with E-state index >= 15 is 0 Å². The van der Waals surface area contributed by atoms with Crippen LogP contribution in [0.15, 0.2) is 29.8 Å². The molecule has 21 heavy (non-hydrogen) atoms. The first-order valence-electron chi connectivity index (χ1n) is 6.31. The Hall–Kier alpha value is -2.36. The van der Waals surface area contributed by atoms with Crippen LogP contribution >= 0.6 is 11.3 Å². The molecule has 0 radical (unpaired) electrons. The zero-order valence-electron chi connectivity index (χ0n) is 11.4. The lowest BCUT2D eigenvalue weighted by atomic mass is 10.3. The number of anilines is 1. The molecule has 1 amide bonds. The molecule has 0 aliphatic rings. The van der Waals surface area contributed by atoms with Crippen LogP contribution in [-0.4, -0.2) is 29.2 Å². The Labute approximate surface area is 126 Å². The van der Waals surface area contributed by atoms with Crippen LogP contribution in [0.2, 0.25) is 0 Å². The lowest BCUT2D eigenvalue weighted by Crippen LogP contribution is -2.11. The smallest absolute Gasteiger partial charge is 0.256 e. The minimum absolute atomic E-state index is 0.197. The van der Waals surface area contributed by atoms with E-state index in [1.165, 1.54) is 11.3 Å². The van der Waals surface area contributed by atoms with Crippen molar-refractivity contribution in [1.29, 1.82) is 0 Å². The van der Waals surface area contributed by atoms with Crippen LogP contribution in [0.3, 0.4) is 0 Å². The number of hydrogen-bond acceptors (Lipinski definition) is 5. The normalized spacial score (nSPS) is 9.62. The number of aliphatic hydroxyl groups excluding tert-OH is 1. The molecular weight excluding hydrogens is 288 g/mol. The summed E-state index contributed by atoms with van der Waals surface area (Å²) in [4.78, 5) is 16.9. The molecule has 0 unspecified atom stereocenters. The van der Waals surface area contributed by atoms with E-state index in [-0.39, 0.29) is 12.5 Å². The highest BCUT2D eigenvalue weighted by atomic mass is 32.1. The molecule has 2 heterocycles. The molecule has 0 aliphatic heterocycles. The average Bonchev–Trinajstić information content (AvgIpc) is 2.96. The van der Waals surface area contributed by atoms with E-state index in [1.807, 2.05) is 6.92 Å². The summed E-state index contributed by atoms with van der Waals surface area (Å²) in [5.74, 6) is 5.60. The minimum Gasteiger partial charge on any atom is -0.478 e. The van der Waals surface area contributed by atoms with Crippen LogP contribution in [0.1, 0.15) is 22.2 Å². The summed E-state index contributed by atoms with van der Waals surface area (Å²) < 4.78 is 5.23. The topological polar surface area (TPSA) is 71.5 Å². The Kier molecular flexibility index (Phi) is 5.32. The number of hydrogen-bond donors (Lipinski definition) is 2. The molecule has 6 heteroatoms. The molecular formula is C15H14N2O3S. The Balaban J connectivity index is 2.02. The van der Waals surface area contributed by atoms with Crippen molar-refractivity contribution in [3.8, 4) is 17.7 Å². The van der Waals surface area contributed by atoms with Gasteiger partial charge < -0.3 is 15.2 Å². The zero-order valence-corrected chi connectivity index (χ0v) is 12.2. The first-order chi connectivity index (χ1) is 10.2. The highest BCUT2D eigenvalue weighted by Gasteiger charge is 2.08. The highest BCUT2D eigenvalue weighted by Crippen LogP contribution is 2.16. The summed E-state index contributed by atoms with van der Waals surface area (Å²) in [7, 11) is 0. The fraction of sp³-hybridized carbons (Fsp3) is 0.200. The Bertz CT molecular complexity index is 668. The van der Waals surface area contributed by atoms with Crippen LogP contribution in [0.5, 0.6) is 5.88 Å². The molecule has 0 fully saturated rings. The number of nitrogens with zero attached hydrogens (tertiary/aromatic N) is 1. The van der Waals surface area contributed by atoms with Gasteiger partial charge >= 0.3 is 0 Å². The van der Waals surface area contributed by atoms with Gasteiger partial charge in [0.1, 0.15) is 6.61 Å². The van der Waals surface area contributed by atoms with E-state index in [0.717, 1.165) is 4.88 Å². The summed E-state index contributed by atoms with van der Waals surface area (Å²) in [6.07, 6.45) is 1.54. The van der Waals surface area contributed by atoms with E-state index < -0.39 is 0 Å². The van der Waals surface area contributed by atoms with Gasteiger partial charge in [-0.15, -0.1) is 11.3 Å². The van der Waals surface area contributed by atoms with Gasteiger partial charge in [0.25, 0.3) is 5.91 Å². The van der Waals surface area contributed by atoms with Gasteiger partial charge in [-0.25, -0.2) is 4.98 Å². The second-order valence-electron chi connectivity index (χ2n) is 3.93. The molecule has 2 N–H and O–H groups in total. The van der Waals surface area contributed by atoms with Gasteiger partial charge in [0.15, 0.2) is 0 Å². The van der Waals surface area contributed by atoms with Gasteiger partial charge in [-0.05, 0) is 19.1 Å². The van der Waals surface area contributed by atoms with Crippen molar-refractivity contribution in [2.75, 3.05) is 18.5 Å². The summed E-state index contributed by atoms with van der Waals surface area (Å²) >= 11 is 1.36. The third kappa shape index (κ3) is 4.31. The maximum atomic E-state index is 12.1. The van der Waals surface area contributed by atoms with Crippen molar-refractivity contribution in [3.05, 3.63) is 40.2 Å². The van der Waals surface area contributed by atoms with Crippen LogP contribution in [-0.2, 0) is 0 Å². The number of rotatable bonds is 4. The minimum atomic E-state index is -0.228. The van der Waals surface area contributed by atoms with E-state index in [0.29, 0.717) is 23.7 Å². The Morgan fingerprint density at radius 3 is 3.05 bits per heavy atom. The van der Waals surface area contributed by atoms with Crippen molar-refractivity contribution in [3.63, 3.8) is 0 Å². The van der Waals surface area contributed by atoms with Crippen LogP contribution in [0, 0.1) is 11.8 Å². The number of carbonyl (C=O) groups is 1. The summed E-state index contributed by atoms with van der Waals surface area (Å²) in [5, 5.41) is 13.1. The maximum Gasteiger partial charge on any atom is 0.256 e. The van der Waals surface area contributed by atoms with Gasteiger partial charge in [0.05, 0.1) is 28.9 Å². The van der Waals surface area contributed by atoms with Crippen LogP contribution in [0.4, 0.5) is 5.69 Å². The lowest BCUT2D eigenvalue weighted by Gasteiger charge is -2.05. The quantitative estimate of drug-likeness (QED) is 0.849. The largest absolute Gasteiger partial charge is 0.478 e. The number of nitrogens with one attached hydrogen (secondary N) is 1. The number of aromatic nitrogens is 1. The second kappa shape index (κ2) is 7.43. The molecule has 5 nitrogen and oxygen atoms in total. The van der Waals surface area contributed by atoms with Gasteiger partial charge in [0, 0.05) is 11.4 Å². The first kappa shape index (κ1) is 15.0. The van der Waals surface area contributed by atoms with Crippen LogP contribution < -0.4 is 10.1 Å². The fourth-order valence-electron chi connectivity index (χ4n) is 1.54. The number of carbonyl (C=O) groups excluding carboxylic acids is 1. The van der Waals surface area contributed by atoms with E-state index in [4.69, 9.17) is 9.84 Å². The first-order valence-corrected chi connectivity index (χ1v) is 7.19. The molecule has 0 bridgehead atoms. The summed E-state index contributed by atoms with van der Waals surface area (Å²) in [6, 6.07) is 5.12. The summed E-state index contributed by atoms with van der Waals surface area (Å²) in [6.45, 7) is 2.23. The molecule has 0 atom stereocenters. The molecule has 0 aliphatic carbocycles. The van der Waals surface area contributed by atoms with Crippen LogP contribution in [0.25, 0.3) is 0 Å². The molecule has 108 valence electrons. The molecule has 0 aromatic carbocycles. The van der Waals surface area contributed by atoms with Crippen molar-refractivity contribution < 1.29 is 14.6 Å². The molecule has 2 aromatic heterocycles. The van der Waals surface area contributed by atoms with E-state index in [9.17, 15) is 4.79 Å². The maximum absolute atomic E-state index is 12.1. The lowest BCUT2D eigenvalue weighted by molar-refractivity contribution is 0.102. The molecule has 0 spiro atoms. The van der Waals surface area contributed by atoms with E-state index in [2.05, 4.69) is 22.1 Å². The molecule has 2 aromatic rings. The predicted molar refractivity (Wildman–Crippen MR) is 81.6 cm³/mol. The Morgan fingerprint density at radius 2 is 2.38 bits per heavy atom. The van der Waals surface area contributed by atoms with Crippen molar-refractivity contribution >= 4 is 22.9 Å². The second-order valence-corrected chi connectivity index (χ2v) is 4.84. The van der Waals surface area contributed by atoms with E-state index in [1.54, 1.807) is 29.8 Å². The van der Waals surface area contributed by atoms with Gasteiger partial charge in [-0.2, -0.15) is 0 Å². The number of aliphatic hydroxyl groups is 1. The van der Waals surface area contributed by atoms with Crippen molar-refractivity contribution in [2.24, 2.45) is 0 Å². The van der Waals surface area contributed by atoms with Crippen molar-refractivity contribution in [1.82, 2.24) is 4.98 Å². The molecule has 2 rings (SSSR count). The molecule has 0 saturated heterocycles. The predicted octanol–water partition coefficient (Wildman–Crippen LogP) is 2.14. The van der Waals surface area contributed by atoms with Gasteiger partial charge in [-0.1, -0.05) is 11.8 Å². The van der Waals surface area contributed by atoms with Gasteiger partial charge in [0.2, 0.25) is 5.88 Å². The molecule has 0 saturated carbocycles. The zero-order chi connectivity index (χ0) is 15.1. The number of amides is 1. The fourth-order valence-corrected chi connectivity index (χ4v) is 2.29. The number of ether oxygens (including phenoxy) is 1. The summed E-state index contributed by atoms with van der Waals surface area (Å²) in [5.41, 5.74) is 1.12. The van der Waals surface area contributed by atoms with Gasteiger partial charge in [-0.3, -0.25) is 4.79 Å².